The SMILES string of the molecule is CSc1nnc(CCCN=C(N)Nc2cccc(C)c2)n1CC(C)C.I. The molecule has 2 aromatic rings. The molecule has 0 aliphatic carbocycles. The maximum absolute atomic E-state index is 5.96. The van der Waals surface area contributed by atoms with Crippen molar-refractivity contribution in [2.45, 2.75) is 45.3 Å². The van der Waals surface area contributed by atoms with Gasteiger partial charge in [-0.25, -0.2) is 0 Å². The number of nitrogens with zero attached hydrogens (tertiary/aromatic N) is 4. The predicted octanol–water partition coefficient (Wildman–Crippen LogP) is 3.94. The molecule has 144 valence electrons. The minimum Gasteiger partial charge on any atom is -0.370 e. The van der Waals surface area contributed by atoms with Crippen molar-refractivity contribution in [3.05, 3.63) is 35.7 Å². The van der Waals surface area contributed by atoms with E-state index in [1.807, 2.05) is 24.5 Å². The van der Waals surface area contributed by atoms with Crippen LogP contribution in [0.5, 0.6) is 0 Å². The van der Waals surface area contributed by atoms with Gasteiger partial charge in [0.25, 0.3) is 0 Å². The molecule has 0 fully saturated rings. The molecule has 0 aliphatic rings. The monoisotopic (exact) mass is 488 g/mol. The average Bonchev–Trinajstić information content (AvgIpc) is 2.93. The number of benzene rings is 1. The Morgan fingerprint density at radius 2 is 2.12 bits per heavy atom. The number of thioether (sulfide) groups is 1. The van der Waals surface area contributed by atoms with Crippen molar-refractivity contribution >= 4 is 47.4 Å². The van der Waals surface area contributed by atoms with E-state index < -0.39 is 0 Å². The molecular formula is C18H29IN6S. The molecule has 0 saturated heterocycles. The normalized spacial score (nSPS) is 11.5. The van der Waals surface area contributed by atoms with Crippen LogP contribution in [0.25, 0.3) is 0 Å². The first-order valence-corrected chi connectivity index (χ1v) is 9.81. The van der Waals surface area contributed by atoms with E-state index in [1.165, 1.54) is 5.56 Å². The quantitative estimate of drug-likeness (QED) is 0.194. The van der Waals surface area contributed by atoms with Crippen LogP contribution in [-0.4, -0.2) is 33.5 Å². The number of aromatic nitrogens is 3. The van der Waals surface area contributed by atoms with E-state index in [-0.39, 0.29) is 24.0 Å². The van der Waals surface area contributed by atoms with Gasteiger partial charge in [0.15, 0.2) is 11.1 Å². The molecule has 8 heteroatoms. The van der Waals surface area contributed by atoms with E-state index in [9.17, 15) is 0 Å². The first-order valence-electron chi connectivity index (χ1n) is 8.59. The largest absolute Gasteiger partial charge is 0.370 e. The van der Waals surface area contributed by atoms with Crippen LogP contribution in [0.15, 0.2) is 34.4 Å². The second-order valence-electron chi connectivity index (χ2n) is 6.47. The summed E-state index contributed by atoms with van der Waals surface area (Å²) in [4.78, 5) is 4.40. The van der Waals surface area contributed by atoms with Gasteiger partial charge in [-0.2, -0.15) is 0 Å². The van der Waals surface area contributed by atoms with Gasteiger partial charge in [-0.15, -0.1) is 34.2 Å². The number of hydrogen-bond donors (Lipinski definition) is 2. The molecule has 0 spiro atoms. The van der Waals surface area contributed by atoms with Crippen LogP contribution in [0, 0.1) is 12.8 Å². The number of aryl methyl sites for hydroxylation is 2. The summed E-state index contributed by atoms with van der Waals surface area (Å²) in [6.45, 7) is 8.06. The molecule has 6 nitrogen and oxygen atoms in total. The molecule has 0 bridgehead atoms. The molecule has 3 N–H and O–H groups in total. The van der Waals surface area contributed by atoms with Gasteiger partial charge in [-0.1, -0.05) is 37.7 Å². The highest BCUT2D eigenvalue weighted by Gasteiger charge is 2.12. The summed E-state index contributed by atoms with van der Waals surface area (Å²) >= 11 is 1.64. The van der Waals surface area contributed by atoms with Crippen LogP contribution in [0.4, 0.5) is 5.69 Å². The number of anilines is 1. The van der Waals surface area contributed by atoms with Crippen LogP contribution < -0.4 is 11.1 Å². The van der Waals surface area contributed by atoms with Gasteiger partial charge in [-0.3, -0.25) is 4.99 Å². The molecule has 0 aliphatic heterocycles. The van der Waals surface area contributed by atoms with E-state index >= 15 is 0 Å². The molecule has 2 rings (SSSR count). The Balaban J connectivity index is 0.00000338. The zero-order chi connectivity index (χ0) is 18.2. The number of nitrogens with one attached hydrogen (secondary N) is 1. The fraction of sp³-hybridized carbons (Fsp3) is 0.500. The smallest absolute Gasteiger partial charge is 0.193 e. The highest BCUT2D eigenvalue weighted by molar-refractivity contribution is 14.0. The summed E-state index contributed by atoms with van der Waals surface area (Å²) in [6, 6.07) is 8.07. The Kier molecular flexibility index (Phi) is 10.0. The third kappa shape index (κ3) is 7.14. The van der Waals surface area contributed by atoms with Gasteiger partial charge in [0.05, 0.1) is 0 Å². The molecule has 0 unspecified atom stereocenters. The van der Waals surface area contributed by atoms with Gasteiger partial charge in [0.2, 0.25) is 0 Å². The summed E-state index contributed by atoms with van der Waals surface area (Å²) in [5, 5.41) is 12.7. The summed E-state index contributed by atoms with van der Waals surface area (Å²) in [7, 11) is 0. The standard InChI is InChI=1S/C18H28N6S.HI/c1-13(2)12-24-16(22-23-18(24)25-4)9-6-10-20-17(19)21-15-8-5-7-14(3)11-15;/h5,7-8,11,13H,6,9-10,12H2,1-4H3,(H3,19,20,21);1H. The van der Waals surface area contributed by atoms with Gasteiger partial charge in [0.1, 0.15) is 5.82 Å². The van der Waals surface area contributed by atoms with Gasteiger partial charge in [0, 0.05) is 25.2 Å². The van der Waals surface area contributed by atoms with Crippen molar-refractivity contribution in [3.8, 4) is 0 Å². The van der Waals surface area contributed by atoms with Crippen LogP contribution in [0.2, 0.25) is 0 Å². The summed E-state index contributed by atoms with van der Waals surface area (Å²) in [5.41, 5.74) is 8.11. The molecule has 0 radical (unpaired) electrons. The Hall–Kier alpha value is -1.29. The number of halogens is 1. The second-order valence-corrected chi connectivity index (χ2v) is 7.25. The third-order valence-electron chi connectivity index (χ3n) is 3.65. The number of nitrogens with two attached hydrogens (primary N) is 1. The number of aliphatic imine (C=N–C) groups is 1. The van der Waals surface area contributed by atoms with Crippen molar-refractivity contribution in [2.75, 3.05) is 18.1 Å². The predicted molar refractivity (Wildman–Crippen MR) is 122 cm³/mol. The molecule has 1 aromatic heterocycles. The first kappa shape index (κ1) is 22.8. The fourth-order valence-corrected chi connectivity index (χ4v) is 3.07. The molecule has 0 saturated carbocycles. The minimum atomic E-state index is 0. The van der Waals surface area contributed by atoms with Crippen molar-refractivity contribution < 1.29 is 0 Å². The molecule has 1 aromatic carbocycles. The lowest BCUT2D eigenvalue weighted by Crippen LogP contribution is -2.23. The highest BCUT2D eigenvalue weighted by atomic mass is 127. The summed E-state index contributed by atoms with van der Waals surface area (Å²) in [5.74, 6) is 2.03. The van der Waals surface area contributed by atoms with Crippen molar-refractivity contribution in [1.82, 2.24) is 14.8 Å². The van der Waals surface area contributed by atoms with E-state index in [0.29, 0.717) is 18.4 Å². The van der Waals surface area contributed by atoms with Crippen LogP contribution in [-0.2, 0) is 13.0 Å². The van der Waals surface area contributed by atoms with Crippen LogP contribution in [0.1, 0.15) is 31.7 Å². The average molecular weight is 488 g/mol. The molecule has 26 heavy (non-hydrogen) atoms. The first-order chi connectivity index (χ1) is 12.0. The lowest BCUT2D eigenvalue weighted by atomic mass is 10.2. The number of hydrogen-bond acceptors (Lipinski definition) is 4. The second kappa shape index (κ2) is 11.4. The van der Waals surface area contributed by atoms with Crippen molar-refractivity contribution in [2.24, 2.45) is 16.6 Å². The Morgan fingerprint density at radius 1 is 1.35 bits per heavy atom. The van der Waals surface area contributed by atoms with E-state index in [2.05, 4.69) is 51.9 Å². The van der Waals surface area contributed by atoms with Gasteiger partial charge < -0.3 is 15.6 Å². The Labute approximate surface area is 177 Å². The zero-order valence-corrected chi connectivity index (χ0v) is 19.0. The lowest BCUT2D eigenvalue weighted by Gasteiger charge is -2.11. The lowest BCUT2D eigenvalue weighted by molar-refractivity contribution is 0.477. The maximum Gasteiger partial charge on any atom is 0.193 e. The Morgan fingerprint density at radius 3 is 2.77 bits per heavy atom. The van der Waals surface area contributed by atoms with Crippen molar-refractivity contribution in [3.63, 3.8) is 0 Å². The van der Waals surface area contributed by atoms with Gasteiger partial charge in [-0.05, 0) is 43.2 Å². The van der Waals surface area contributed by atoms with E-state index in [4.69, 9.17) is 5.73 Å². The zero-order valence-electron chi connectivity index (χ0n) is 15.9. The Bertz CT molecular complexity index is 713. The van der Waals surface area contributed by atoms with Crippen LogP contribution in [0.3, 0.4) is 0 Å². The van der Waals surface area contributed by atoms with E-state index in [1.54, 1.807) is 11.8 Å². The highest BCUT2D eigenvalue weighted by Crippen LogP contribution is 2.16. The summed E-state index contributed by atoms with van der Waals surface area (Å²) in [6.07, 6.45) is 3.77. The summed E-state index contributed by atoms with van der Waals surface area (Å²) < 4.78 is 2.22. The maximum atomic E-state index is 5.96. The molecule has 0 amide bonds. The fourth-order valence-electron chi connectivity index (χ4n) is 2.55. The van der Waals surface area contributed by atoms with Crippen molar-refractivity contribution in [1.29, 1.82) is 0 Å². The van der Waals surface area contributed by atoms with Gasteiger partial charge >= 0.3 is 0 Å². The molecule has 1 heterocycles. The molecule has 0 atom stereocenters. The number of guanidine groups is 1. The third-order valence-corrected chi connectivity index (χ3v) is 4.32. The number of rotatable bonds is 8. The van der Waals surface area contributed by atoms with Crippen LogP contribution >= 0.6 is 35.7 Å². The topological polar surface area (TPSA) is 81.1 Å². The molecular weight excluding hydrogens is 459 g/mol. The minimum absolute atomic E-state index is 0. The van der Waals surface area contributed by atoms with E-state index in [0.717, 1.165) is 36.1 Å².